The molecule has 2 unspecified atom stereocenters. The fourth-order valence-corrected chi connectivity index (χ4v) is 4.60. The summed E-state index contributed by atoms with van der Waals surface area (Å²) in [7, 11) is 0. The number of nitrogens with zero attached hydrogens (tertiary/aromatic N) is 1. The Morgan fingerprint density at radius 1 is 1.30 bits per heavy atom. The van der Waals surface area contributed by atoms with E-state index in [2.05, 4.69) is 49.1 Å². The molecule has 1 aliphatic heterocycles. The molecule has 4 atom stereocenters. The van der Waals surface area contributed by atoms with E-state index in [1.807, 2.05) is 0 Å². The minimum Gasteiger partial charge on any atom is -0.391 e. The second-order valence-electron chi connectivity index (χ2n) is 7.08. The molecular weight excluding hydrogens is 248 g/mol. The van der Waals surface area contributed by atoms with Gasteiger partial charge in [0.25, 0.3) is 0 Å². The molecule has 1 saturated carbocycles. The molecule has 1 aromatic rings. The first-order chi connectivity index (χ1) is 9.52. The Hall–Kier alpha value is -0.900. The van der Waals surface area contributed by atoms with Gasteiger partial charge in [-0.2, -0.15) is 0 Å². The Kier molecular flexibility index (Phi) is 3.61. The minimum absolute atomic E-state index is 0.0323. The standard InChI is InChI=1S/C17H26N2O/c1-12(2)16-17(8-14(18)15(20)9-17)11-19(16)10-13-6-4-3-5-7-13/h3-7,12,14-16,20H,8-11,18H2,1-2H3/t14-,15-,16?,17?/m1/s1. The van der Waals surface area contributed by atoms with Gasteiger partial charge in [0, 0.05) is 30.6 Å². The molecule has 1 aromatic carbocycles. The van der Waals surface area contributed by atoms with Gasteiger partial charge in [-0.3, -0.25) is 4.90 Å². The van der Waals surface area contributed by atoms with Crippen LogP contribution in [0.5, 0.6) is 0 Å². The van der Waals surface area contributed by atoms with Crippen molar-refractivity contribution in [3.8, 4) is 0 Å². The monoisotopic (exact) mass is 274 g/mol. The van der Waals surface area contributed by atoms with Gasteiger partial charge in [0.2, 0.25) is 0 Å². The molecule has 2 fully saturated rings. The van der Waals surface area contributed by atoms with E-state index in [-0.39, 0.29) is 17.6 Å². The summed E-state index contributed by atoms with van der Waals surface area (Å²) < 4.78 is 0. The third kappa shape index (κ3) is 2.28. The van der Waals surface area contributed by atoms with Crippen molar-refractivity contribution in [1.29, 1.82) is 0 Å². The largest absolute Gasteiger partial charge is 0.391 e. The van der Waals surface area contributed by atoms with E-state index in [1.54, 1.807) is 0 Å². The average molecular weight is 274 g/mol. The lowest BCUT2D eigenvalue weighted by atomic mass is 9.65. The molecule has 1 spiro atoms. The summed E-state index contributed by atoms with van der Waals surface area (Å²) in [5.41, 5.74) is 7.68. The fourth-order valence-electron chi connectivity index (χ4n) is 4.60. The van der Waals surface area contributed by atoms with Crippen LogP contribution in [0.25, 0.3) is 0 Å². The molecule has 20 heavy (non-hydrogen) atoms. The number of aliphatic hydroxyl groups excluding tert-OH is 1. The third-order valence-electron chi connectivity index (χ3n) is 5.15. The van der Waals surface area contributed by atoms with Crippen molar-refractivity contribution in [2.45, 2.75) is 51.4 Å². The van der Waals surface area contributed by atoms with Crippen LogP contribution in [0, 0.1) is 11.3 Å². The zero-order chi connectivity index (χ0) is 14.3. The minimum atomic E-state index is -0.310. The highest BCUT2D eigenvalue weighted by atomic mass is 16.3. The van der Waals surface area contributed by atoms with Gasteiger partial charge in [0.05, 0.1) is 6.10 Å². The summed E-state index contributed by atoms with van der Waals surface area (Å²) in [6.07, 6.45) is 1.54. The van der Waals surface area contributed by atoms with Crippen LogP contribution >= 0.6 is 0 Å². The van der Waals surface area contributed by atoms with Crippen molar-refractivity contribution in [3.63, 3.8) is 0 Å². The molecule has 3 rings (SSSR count). The molecule has 0 aromatic heterocycles. The summed E-state index contributed by atoms with van der Waals surface area (Å²) in [5.74, 6) is 0.602. The van der Waals surface area contributed by atoms with Gasteiger partial charge in [-0.15, -0.1) is 0 Å². The van der Waals surface area contributed by atoms with Crippen molar-refractivity contribution in [2.24, 2.45) is 17.1 Å². The molecule has 0 radical (unpaired) electrons. The molecule has 3 nitrogen and oxygen atoms in total. The van der Waals surface area contributed by atoms with Crippen LogP contribution in [0.1, 0.15) is 32.3 Å². The smallest absolute Gasteiger partial charge is 0.0697 e. The Morgan fingerprint density at radius 2 is 2.00 bits per heavy atom. The van der Waals surface area contributed by atoms with Gasteiger partial charge in [-0.25, -0.2) is 0 Å². The maximum absolute atomic E-state index is 10.0. The highest BCUT2D eigenvalue weighted by Gasteiger charge is 2.58. The van der Waals surface area contributed by atoms with Gasteiger partial charge < -0.3 is 10.8 Å². The summed E-state index contributed by atoms with van der Waals surface area (Å²) >= 11 is 0. The average Bonchev–Trinajstić information content (AvgIpc) is 2.66. The van der Waals surface area contributed by atoms with E-state index >= 15 is 0 Å². The number of hydrogen-bond acceptors (Lipinski definition) is 3. The molecule has 110 valence electrons. The van der Waals surface area contributed by atoms with Crippen LogP contribution in [0.15, 0.2) is 30.3 Å². The van der Waals surface area contributed by atoms with Crippen LogP contribution in [-0.4, -0.2) is 34.7 Å². The maximum atomic E-state index is 10.0. The molecule has 1 heterocycles. The fraction of sp³-hybridized carbons (Fsp3) is 0.647. The van der Waals surface area contributed by atoms with Gasteiger partial charge in [-0.05, 0) is 24.3 Å². The van der Waals surface area contributed by atoms with E-state index in [0.29, 0.717) is 12.0 Å². The normalized spacial score (nSPS) is 37.5. The Morgan fingerprint density at radius 3 is 2.55 bits per heavy atom. The third-order valence-corrected chi connectivity index (χ3v) is 5.15. The van der Waals surface area contributed by atoms with Gasteiger partial charge in [-0.1, -0.05) is 44.2 Å². The van der Waals surface area contributed by atoms with Crippen LogP contribution in [0.4, 0.5) is 0 Å². The molecular formula is C17H26N2O. The van der Waals surface area contributed by atoms with Crippen LogP contribution in [0.3, 0.4) is 0 Å². The summed E-state index contributed by atoms with van der Waals surface area (Å²) in [6.45, 7) is 6.67. The quantitative estimate of drug-likeness (QED) is 0.886. The van der Waals surface area contributed by atoms with E-state index in [9.17, 15) is 5.11 Å². The topological polar surface area (TPSA) is 49.5 Å². The number of rotatable bonds is 3. The van der Waals surface area contributed by atoms with E-state index in [4.69, 9.17) is 5.73 Å². The number of hydrogen-bond donors (Lipinski definition) is 2. The lowest BCUT2D eigenvalue weighted by molar-refractivity contribution is -0.105. The second kappa shape index (κ2) is 5.14. The van der Waals surface area contributed by atoms with Gasteiger partial charge in [0.15, 0.2) is 0 Å². The summed E-state index contributed by atoms with van der Waals surface area (Å²) in [4.78, 5) is 2.56. The summed E-state index contributed by atoms with van der Waals surface area (Å²) in [6, 6.07) is 11.2. The van der Waals surface area contributed by atoms with E-state index < -0.39 is 0 Å². The Balaban J connectivity index is 1.73. The zero-order valence-corrected chi connectivity index (χ0v) is 12.5. The maximum Gasteiger partial charge on any atom is 0.0697 e. The number of benzene rings is 1. The lowest BCUT2D eigenvalue weighted by Crippen LogP contribution is -2.65. The number of aliphatic hydroxyl groups is 1. The first-order valence-electron chi connectivity index (χ1n) is 7.73. The van der Waals surface area contributed by atoms with Crippen LogP contribution < -0.4 is 5.73 Å². The first-order valence-corrected chi connectivity index (χ1v) is 7.73. The second-order valence-corrected chi connectivity index (χ2v) is 7.08. The van der Waals surface area contributed by atoms with Crippen molar-refractivity contribution in [3.05, 3.63) is 35.9 Å². The molecule has 1 saturated heterocycles. The molecule has 0 bridgehead atoms. The van der Waals surface area contributed by atoms with Crippen molar-refractivity contribution >= 4 is 0 Å². The molecule has 3 N–H and O–H groups in total. The van der Waals surface area contributed by atoms with Crippen molar-refractivity contribution in [1.82, 2.24) is 4.90 Å². The molecule has 1 aliphatic carbocycles. The molecule has 2 aliphatic rings. The van der Waals surface area contributed by atoms with Crippen molar-refractivity contribution in [2.75, 3.05) is 6.54 Å². The zero-order valence-electron chi connectivity index (χ0n) is 12.5. The van der Waals surface area contributed by atoms with Gasteiger partial charge in [0.1, 0.15) is 0 Å². The van der Waals surface area contributed by atoms with E-state index in [1.165, 1.54) is 5.56 Å². The van der Waals surface area contributed by atoms with Gasteiger partial charge >= 0.3 is 0 Å². The molecule has 0 amide bonds. The summed E-state index contributed by atoms with van der Waals surface area (Å²) in [5, 5.41) is 10.0. The number of likely N-dealkylation sites (tertiary alicyclic amines) is 1. The lowest BCUT2D eigenvalue weighted by Gasteiger charge is -2.58. The molecule has 3 heteroatoms. The Bertz CT molecular complexity index is 449. The van der Waals surface area contributed by atoms with E-state index in [0.717, 1.165) is 25.9 Å². The first kappa shape index (κ1) is 14.1. The van der Waals surface area contributed by atoms with Crippen LogP contribution in [0.2, 0.25) is 0 Å². The highest BCUT2D eigenvalue weighted by molar-refractivity contribution is 5.18. The van der Waals surface area contributed by atoms with Crippen LogP contribution in [-0.2, 0) is 6.54 Å². The SMILES string of the molecule is CC(C)C1N(Cc2ccccc2)CC12C[C@@H](N)[C@H](O)C2. The number of nitrogens with two attached hydrogens (primary N) is 1. The Labute approximate surface area is 121 Å². The highest BCUT2D eigenvalue weighted by Crippen LogP contribution is 2.52. The predicted molar refractivity (Wildman–Crippen MR) is 81.1 cm³/mol. The van der Waals surface area contributed by atoms with Crippen molar-refractivity contribution < 1.29 is 5.11 Å². The predicted octanol–water partition coefficient (Wildman–Crippen LogP) is 2.00.